The third-order valence-electron chi connectivity index (χ3n) is 0.988. The van der Waals surface area contributed by atoms with Crippen LogP contribution in [0.5, 0.6) is 0 Å². The third-order valence-corrected chi connectivity index (χ3v) is 0.988. The van der Waals surface area contributed by atoms with Gasteiger partial charge in [-0.15, -0.1) is 0 Å². The first-order chi connectivity index (χ1) is 5.16. The average molecular weight is 161 g/mol. The molecule has 0 bridgehead atoms. The standard InChI is InChI=1S/C7H15NO3/c1-3-4-7(10)8-11-5-6(2)9/h6,9H,3-5H2,1-2H3,(H,8,10). The van der Waals surface area contributed by atoms with Crippen LogP contribution in [0.4, 0.5) is 0 Å². The van der Waals surface area contributed by atoms with Crippen molar-refractivity contribution in [2.24, 2.45) is 0 Å². The molecule has 0 fully saturated rings. The first-order valence-corrected chi connectivity index (χ1v) is 3.75. The summed E-state index contributed by atoms with van der Waals surface area (Å²) in [6, 6.07) is 0. The maximum atomic E-state index is 10.7. The number of hydroxylamine groups is 1. The fourth-order valence-electron chi connectivity index (χ4n) is 0.521. The van der Waals surface area contributed by atoms with Crippen molar-refractivity contribution >= 4 is 5.91 Å². The van der Waals surface area contributed by atoms with Crippen LogP contribution in [-0.2, 0) is 9.63 Å². The number of carbonyl (C=O) groups excluding carboxylic acids is 1. The largest absolute Gasteiger partial charge is 0.391 e. The second kappa shape index (κ2) is 6.12. The summed E-state index contributed by atoms with van der Waals surface area (Å²) in [4.78, 5) is 15.4. The fourth-order valence-corrected chi connectivity index (χ4v) is 0.521. The summed E-state index contributed by atoms with van der Waals surface area (Å²) >= 11 is 0. The molecule has 1 atom stereocenters. The quantitative estimate of drug-likeness (QED) is 0.567. The molecule has 2 N–H and O–H groups in total. The molecule has 0 saturated heterocycles. The summed E-state index contributed by atoms with van der Waals surface area (Å²) in [5, 5.41) is 8.72. The second-order valence-corrected chi connectivity index (χ2v) is 2.44. The number of aliphatic hydroxyl groups excluding tert-OH is 1. The fraction of sp³-hybridized carbons (Fsp3) is 0.857. The van der Waals surface area contributed by atoms with Crippen LogP contribution in [0.1, 0.15) is 26.7 Å². The molecule has 0 saturated carbocycles. The summed E-state index contributed by atoms with van der Waals surface area (Å²) < 4.78 is 0. The van der Waals surface area contributed by atoms with E-state index < -0.39 is 6.10 Å². The number of carbonyl (C=O) groups is 1. The highest BCUT2D eigenvalue weighted by Crippen LogP contribution is 1.86. The molecule has 11 heavy (non-hydrogen) atoms. The van der Waals surface area contributed by atoms with E-state index in [2.05, 4.69) is 10.3 Å². The predicted molar refractivity (Wildman–Crippen MR) is 40.7 cm³/mol. The maximum Gasteiger partial charge on any atom is 0.243 e. The second-order valence-electron chi connectivity index (χ2n) is 2.44. The zero-order valence-electron chi connectivity index (χ0n) is 6.96. The van der Waals surface area contributed by atoms with Gasteiger partial charge in [-0.1, -0.05) is 6.92 Å². The van der Waals surface area contributed by atoms with Crippen molar-refractivity contribution in [1.29, 1.82) is 0 Å². The van der Waals surface area contributed by atoms with E-state index >= 15 is 0 Å². The first kappa shape index (κ1) is 10.4. The molecule has 4 nitrogen and oxygen atoms in total. The highest BCUT2D eigenvalue weighted by molar-refractivity contribution is 5.74. The Bertz CT molecular complexity index is 114. The minimum Gasteiger partial charge on any atom is -0.391 e. The summed E-state index contributed by atoms with van der Waals surface area (Å²) in [5.41, 5.74) is 2.22. The lowest BCUT2D eigenvalue weighted by molar-refractivity contribution is -0.135. The van der Waals surface area contributed by atoms with Gasteiger partial charge < -0.3 is 5.11 Å². The minimum atomic E-state index is -0.545. The van der Waals surface area contributed by atoms with Crippen LogP contribution < -0.4 is 5.48 Å². The molecule has 0 aliphatic carbocycles. The number of rotatable bonds is 5. The van der Waals surface area contributed by atoms with Crippen molar-refractivity contribution in [3.63, 3.8) is 0 Å². The van der Waals surface area contributed by atoms with Crippen LogP contribution in [0.2, 0.25) is 0 Å². The first-order valence-electron chi connectivity index (χ1n) is 3.75. The van der Waals surface area contributed by atoms with E-state index in [1.54, 1.807) is 6.92 Å². The molecule has 0 aliphatic heterocycles. The Labute approximate surface area is 66.5 Å². The molecule has 0 spiro atoms. The Morgan fingerprint density at radius 1 is 1.73 bits per heavy atom. The van der Waals surface area contributed by atoms with Crippen molar-refractivity contribution in [3.05, 3.63) is 0 Å². The lowest BCUT2D eigenvalue weighted by atomic mass is 10.3. The summed E-state index contributed by atoms with van der Waals surface area (Å²) in [6.45, 7) is 3.63. The van der Waals surface area contributed by atoms with Gasteiger partial charge in [0, 0.05) is 6.42 Å². The smallest absolute Gasteiger partial charge is 0.243 e. The summed E-state index contributed by atoms with van der Waals surface area (Å²) in [7, 11) is 0. The number of hydrogen-bond acceptors (Lipinski definition) is 3. The van der Waals surface area contributed by atoms with Gasteiger partial charge in [-0.3, -0.25) is 9.63 Å². The van der Waals surface area contributed by atoms with Crippen molar-refractivity contribution in [2.75, 3.05) is 6.61 Å². The third kappa shape index (κ3) is 7.29. The topological polar surface area (TPSA) is 58.6 Å². The van der Waals surface area contributed by atoms with Crippen LogP contribution in [0.3, 0.4) is 0 Å². The van der Waals surface area contributed by atoms with Crippen molar-refractivity contribution in [3.8, 4) is 0 Å². The normalized spacial score (nSPS) is 12.6. The molecule has 0 heterocycles. The van der Waals surface area contributed by atoms with E-state index in [1.165, 1.54) is 0 Å². The molecule has 66 valence electrons. The van der Waals surface area contributed by atoms with Gasteiger partial charge in [0.2, 0.25) is 5.91 Å². The number of aliphatic hydroxyl groups is 1. The van der Waals surface area contributed by atoms with Crippen LogP contribution in [0, 0.1) is 0 Å². The number of nitrogens with one attached hydrogen (secondary N) is 1. The monoisotopic (exact) mass is 161 g/mol. The van der Waals surface area contributed by atoms with Gasteiger partial charge in [-0.05, 0) is 13.3 Å². The zero-order chi connectivity index (χ0) is 8.69. The van der Waals surface area contributed by atoms with Gasteiger partial charge in [0.1, 0.15) is 6.61 Å². The van der Waals surface area contributed by atoms with Gasteiger partial charge in [0.05, 0.1) is 6.10 Å². The van der Waals surface area contributed by atoms with E-state index in [0.717, 1.165) is 6.42 Å². The lowest BCUT2D eigenvalue weighted by Crippen LogP contribution is -2.26. The Morgan fingerprint density at radius 3 is 2.82 bits per heavy atom. The van der Waals surface area contributed by atoms with Crippen LogP contribution >= 0.6 is 0 Å². The Morgan fingerprint density at radius 2 is 2.36 bits per heavy atom. The van der Waals surface area contributed by atoms with E-state index in [9.17, 15) is 4.79 Å². The van der Waals surface area contributed by atoms with Gasteiger partial charge >= 0.3 is 0 Å². The molecule has 0 rings (SSSR count). The molecule has 4 heteroatoms. The molecule has 0 radical (unpaired) electrons. The molecule has 1 unspecified atom stereocenters. The van der Waals surface area contributed by atoms with Crippen molar-refractivity contribution in [2.45, 2.75) is 32.8 Å². The number of amides is 1. The highest BCUT2D eigenvalue weighted by Gasteiger charge is 1.99. The molecule has 0 aromatic carbocycles. The van der Waals surface area contributed by atoms with E-state index in [0.29, 0.717) is 6.42 Å². The Hall–Kier alpha value is -0.610. The summed E-state index contributed by atoms with van der Waals surface area (Å²) in [6.07, 6.45) is 0.709. The summed E-state index contributed by atoms with van der Waals surface area (Å²) in [5.74, 6) is -0.145. The lowest BCUT2D eigenvalue weighted by Gasteiger charge is -2.05. The SMILES string of the molecule is CCCC(=O)NOCC(C)O. The van der Waals surface area contributed by atoms with Gasteiger partial charge in [-0.25, -0.2) is 5.48 Å². The molecule has 0 aromatic heterocycles. The van der Waals surface area contributed by atoms with Gasteiger partial charge in [0.25, 0.3) is 0 Å². The number of hydrogen-bond donors (Lipinski definition) is 2. The Kier molecular flexibility index (Phi) is 5.78. The maximum absolute atomic E-state index is 10.7. The molecular weight excluding hydrogens is 146 g/mol. The van der Waals surface area contributed by atoms with Crippen LogP contribution in [0.25, 0.3) is 0 Å². The van der Waals surface area contributed by atoms with E-state index in [-0.39, 0.29) is 12.5 Å². The molecule has 0 aliphatic rings. The zero-order valence-corrected chi connectivity index (χ0v) is 6.96. The van der Waals surface area contributed by atoms with Gasteiger partial charge in [0.15, 0.2) is 0 Å². The molecule has 0 aromatic rings. The van der Waals surface area contributed by atoms with E-state index in [4.69, 9.17) is 5.11 Å². The molecule has 1 amide bonds. The average Bonchev–Trinajstić information content (AvgIpc) is 1.87. The molecular formula is C7H15NO3. The predicted octanol–water partition coefficient (Wildman–Crippen LogP) is 0.215. The van der Waals surface area contributed by atoms with Crippen LogP contribution in [0.15, 0.2) is 0 Å². The van der Waals surface area contributed by atoms with Crippen LogP contribution in [-0.4, -0.2) is 23.7 Å². The highest BCUT2D eigenvalue weighted by atomic mass is 16.7. The van der Waals surface area contributed by atoms with Crippen molar-refractivity contribution in [1.82, 2.24) is 5.48 Å². The van der Waals surface area contributed by atoms with E-state index in [1.807, 2.05) is 6.92 Å². The minimum absolute atomic E-state index is 0.134. The van der Waals surface area contributed by atoms with Gasteiger partial charge in [-0.2, -0.15) is 0 Å². The van der Waals surface area contributed by atoms with Crippen molar-refractivity contribution < 1.29 is 14.7 Å². The Balaban J connectivity index is 3.17.